The van der Waals surface area contributed by atoms with Crippen molar-refractivity contribution in [3.63, 3.8) is 0 Å². The second-order valence-corrected chi connectivity index (χ2v) is 10.5. The van der Waals surface area contributed by atoms with Gasteiger partial charge in [0.05, 0.1) is 17.4 Å². The van der Waals surface area contributed by atoms with Crippen LogP contribution in [0.5, 0.6) is 0 Å². The standard InChI is InChI=1S/C27H34BN4O3S/c1-3-18(28-35)14-15-20(4-2)32-21-16-17-29-26-22(21)23(31-27(32)34)24(36-26)25(33)30-19-12-10-8-6-5-7-9-11-13-19/h3-4,14-17,19,23-24,35H,1-2,5-13H2,(H,30,33)(H,31,34)/b18-14+,20-15+. The summed E-state index contributed by atoms with van der Waals surface area (Å²) in [5.74, 6) is -0.0405. The van der Waals surface area contributed by atoms with Gasteiger partial charge in [-0.15, -0.1) is 0 Å². The second-order valence-electron chi connectivity index (χ2n) is 9.40. The number of carbonyl (C=O) groups is 2. The topological polar surface area (TPSA) is 94.6 Å². The molecule has 1 aliphatic carbocycles. The Kier molecular flexibility index (Phi) is 9.10. The van der Waals surface area contributed by atoms with Crippen molar-refractivity contribution in [2.75, 3.05) is 4.90 Å². The summed E-state index contributed by atoms with van der Waals surface area (Å²) in [6, 6.07) is 1.18. The molecule has 2 unspecified atom stereocenters. The maximum atomic E-state index is 13.5. The first-order chi connectivity index (χ1) is 17.6. The molecular weight excluding hydrogens is 471 g/mol. The SMILES string of the molecule is C=C/C([B]O)=C\C=C(/C=C)N1C(=O)NC2c3c1ccnc3SC2C(=O)NC1CCCCCCCCC1. The Hall–Kier alpha value is -2.78. The second kappa shape index (κ2) is 12.5. The summed E-state index contributed by atoms with van der Waals surface area (Å²) in [5.41, 5.74) is 2.56. The lowest BCUT2D eigenvalue weighted by Gasteiger charge is -2.35. The number of carbonyl (C=O) groups excluding carboxylic acids is 2. The molecule has 0 aromatic carbocycles. The van der Waals surface area contributed by atoms with Gasteiger partial charge in [-0.05, 0) is 31.1 Å². The lowest BCUT2D eigenvalue weighted by Crippen LogP contribution is -2.51. The van der Waals surface area contributed by atoms with Crippen LogP contribution in [0.2, 0.25) is 0 Å². The van der Waals surface area contributed by atoms with Crippen LogP contribution in [0.4, 0.5) is 10.5 Å². The van der Waals surface area contributed by atoms with Crippen LogP contribution < -0.4 is 15.5 Å². The fourth-order valence-electron chi connectivity index (χ4n) is 5.10. The zero-order valence-corrected chi connectivity index (χ0v) is 21.4. The van der Waals surface area contributed by atoms with Gasteiger partial charge in [-0.3, -0.25) is 9.69 Å². The van der Waals surface area contributed by atoms with Gasteiger partial charge >= 0.3 is 13.5 Å². The number of rotatable bonds is 7. The molecule has 4 rings (SSSR count). The molecular formula is C27H34BN4O3S. The van der Waals surface area contributed by atoms with Gasteiger partial charge in [0.1, 0.15) is 10.3 Å². The molecule has 0 spiro atoms. The van der Waals surface area contributed by atoms with Crippen LogP contribution in [0, 0.1) is 0 Å². The Morgan fingerprint density at radius 2 is 1.83 bits per heavy atom. The summed E-state index contributed by atoms with van der Waals surface area (Å²) in [6.07, 6.45) is 18.7. The molecule has 7 nitrogen and oxygen atoms in total. The molecule has 9 heteroatoms. The van der Waals surface area contributed by atoms with Gasteiger partial charge in [-0.1, -0.05) is 87.5 Å². The van der Waals surface area contributed by atoms with Crippen molar-refractivity contribution in [1.82, 2.24) is 15.6 Å². The lowest BCUT2D eigenvalue weighted by atomic mass is 9.87. The molecule has 1 saturated carbocycles. The Morgan fingerprint density at radius 1 is 1.14 bits per heavy atom. The largest absolute Gasteiger partial charge is 0.450 e. The van der Waals surface area contributed by atoms with Gasteiger partial charge in [-0.2, -0.15) is 0 Å². The zero-order chi connectivity index (χ0) is 25.5. The van der Waals surface area contributed by atoms with E-state index in [1.807, 2.05) is 0 Å². The highest BCUT2D eigenvalue weighted by atomic mass is 32.2. The highest BCUT2D eigenvalue weighted by molar-refractivity contribution is 8.01. The number of hydrogen-bond donors (Lipinski definition) is 3. The van der Waals surface area contributed by atoms with Crippen molar-refractivity contribution < 1.29 is 14.6 Å². The van der Waals surface area contributed by atoms with Crippen LogP contribution in [0.1, 0.15) is 69.4 Å². The third kappa shape index (κ3) is 5.78. The maximum absolute atomic E-state index is 13.5. The van der Waals surface area contributed by atoms with E-state index in [1.165, 1.54) is 54.8 Å². The summed E-state index contributed by atoms with van der Waals surface area (Å²) >= 11 is 1.41. The summed E-state index contributed by atoms with van der Waals surface area (Å²) in [5, 5.41) is 15.9. The zero-order valence-electron chi connectivity index (χ0n) is 20.6. The van der Waals surface area contributed by atoms with E-state index in [9.17, 15) is 14.6 Å². The van der Waals surface area contributed by atoms with Gasteiger partial charge in [0.25, 0.3) is 0 Å². The highest BCUT2D eigenvalue weighted by Crippen LogP contribution is 2.50. The number of hydrogen-bond acceptors (Lipinski definition) is 5. The van der Waals surface area contributed by atoms with Gasteiger partial charge < -0.3 is 15.7 Å². The molecule has 3 amide bonds. The fourth-order valence-corrected chi connectivity index (χ4v) is 6.33. The molecule has 3 N–H and O–H groups in total. The first-order valence-electron chi connectivity index (χ1n) is 12.8. The first kappa shape index (κ1) is 26.3. The molecule has 0 saturated heterocycles. The van der Waals surface area contributed by atoms with E-state index < -0.39 is 11.3 Å². The molecule has 3 heterocycles. The van der Waals surface area contributed by atoms with Crippen LogP contribution in [0.15, 0.2) is 65.9 Å². The summed E-state index contributed by atoms with van der Waals surface area (Å²) in [6.45, 7) is 7.52. The van der Waals surface area contributed by atoms with Crippen molar-refractivity contribution >= 4 is 36.9 Å². The van der Waals surface area contributed by atoms with E-state index in [0.29, 0.717) is 16.9 Å². The van der Waals surface area contributed by atoms with E-state index in [1.54, 1.807) is 30.5 Å². The fraction of sp³-hybridized carbons (Fsp3) is 0.444. The van der Waals surface area contributed by atoms with Crippen molar-refractivity contribution in [3.05, 3.63) is 66.5 Å². The van der Waals surface area contributed by atoms with E-state index in [4.69, 9.17) is 0 Å². The molecule has 1 fully saturated rings. The number of allylic oxidation sites excluding steroid dienone is 5. The molecule has 1 radical (unpaired) electrons. The molecule has 2 aliphatic heterocycles. The number of anilines is 1. The van der Waals surface area contributed by atoms with E-state index in [0.717, 1.165) is 43.8 Å². The van der Waals surface area contributed by atoms with Gasteiger partial charge in [-0.25, -0.2) is 9.78 Å². The molecule has 2 atom stereocenters. The predicted molar refractivity (Wildman–Crippen MR) is 146 cm³/mol. The quantitative estimate of drug-likeness (QED) is 0.363. The smallest absolute Gasteiger partial charge is 0.327 e. The summed E-state index contributed by atoms with van der Waals surface area (Å²) in [7, 11) is 0.944. The Labute approximate surface area is 218 Å². The normalized spacial score (nSPS) is 23.4. The Bertz CT molecular complexity index is 1060. The van der Waals surface area contributed by atoms with Crippen molar-refractivity contribution in [2.24, 2.45) is 0 Å². The third-order valence-electron chi connectivity index (χ3n) is 7.01. The van der Waals surface area contributed by atoms with Crippen LogP contribution in [0.3, 0.4) is 0 Å². The first-order valence-corrected chi connectivity index (χ1v) is 13.7. The van der Waals surface area contributed by atoms with Crippen LogP contribution >= 0.6 is 11.8 Å². The van der Waals surface area contributed by atoms with Gasteiger partial charge in [0.2, 0.25) is 5.91 Å². The van der Waals surface area contributed by atoms with E-state index in [-0.39, 0.29) is 18.0 Å². The molecule has 189 valence electrons. The number of urea groups is 1. The summed E-state index contributed by atoms with van der Waals surface area (Å²) < 4.78 is 0. The lowest BCUT2D eigenvalue weighted by molar-refractivity contribution is -0.121. The van der Waals surface area contributed by atoms with Crippen LogP contribution in [0.25, 0.3) is 0 Å². The molecule has 0 bridgehead atoms. The average molecular weight is 505 g/mol. The van der Waals surface area contributed by atoms with Gasteiger partial charge in [0, 0.05) is 17.8 Å². The highest BCUT2D eigenvalue weighted by Gasteiger charge is 2.46. The van der Waals surface area contributed by atoms with Gasteiger partial charge in [0.15, 0.2) is 0 Å². The number of pyridine rings is 1. The van der Waals surface area contributed by atoms with Crippen LogP contribution in [-0.4, -0.2) is 40.7 Å². The third-order valence-corrected chi connectivity index (χ3v) is 8.30. The Balaban J connectivity index is 1.56. The summed E-state index contributed by atoms with van der Waals surface area (Å²) in [4.78, 5) is 32.8. The number of nitrogens with one attached hydrogen (secondary N) is 2. The van der Waals surface area contributed by atoms with Crippen molar-refractivity contribution in [1.29, 1.82) is 0 Å². The van der Waals surface area contributed by atoms with Crippen LogP contribution in [-0.2, 0) is 4.79 Å². The molecule has 1 aromatic rings. The Morgan fingerprint density at radius 3 is 2.47 bits per heavy atom. The number of nitrogens with zero attached hydrogens (tertiary/aromatic N) is 2. The van der Waals surface area contributed by atoms with E-state index >= 15 is 0 Å². The number of thioether (sulfide) groups is 1. The maximum Gasteiger partial charge on any atom is 0.327 e. The number of aromatic nitrogens is 1. The van der Waals surface area contributed by atoms with Crippen molar-refractivity contribution in [3.8, 4) is 0 Å². The molecule has 1 aromatic heterocycles. The predicted octanol–water partition coefficient (Wildman–Crippen LogP) is 4.89. The van der Waals surface area contributed by atoms with E-state index in [2.05, 4.69) is 28.8 Å². The average Bonchev–Trinajstić information content (AvgIpc) is 3.26. The molecule has 36 heavy (non-hydrogen) atoms. The monoisotopic (exact) mass is 505 g/mol. The number of amides is 3. The minimum Gasteiger partial charge on any atom is -0.450 e. The minimum atomic E-state index is -0.470. The molecule has 3 aliphatic rings. The van der Waals surface area contributed by atoms with Crippen molar-refractivity contribution in [2.45, 2.75) is 80.1 Å². The minimum absolute atomic E-state index is 0.0405.